The first-order chi connectivity index (χ1) is 9.61. The molecular weight excluding hydrogens is 298 g/mol. The van der Waals surface area contributed by atoms with Crippen molar-refractivity contribution in [3.8, 4) is 0 Å². The molecule has 0 amide bonds. The van der Waals surface area contributed by atoms with Crippen molar-refractivity contribution in [1.29, 1.82) is 0 Å². The second-order valence-electron chi connectivity index (χ2n) is 3.99. The molecule has 0 aliphatic heterocycles. The van der Waals surface area contributed by atoms with Crippen molar-refractivity contribution in [3.05, 3.63) is 47.2 Å². The zero-order chi connectivity index (χ0) is 14.1. The van der Waals surface area contributed by atoms with Crippen molar-refractivity contribution in [1.82, 2.24) is 9.97 Å². The molecule has 0 unspecified atom stereocenters. The van der Waals surface area contributed by atoms with Gasteiger partial charge in [-0.05, 0) is 30.3 Å². The lowest BCUT2D eigenvalue weighted by Gasteiger charge is -2.01. The van der Waals surface area contributed by atoms with Gasteiger partial charge in [0.15, 0.2) is 5.13 Å². The summed E-state index contributed by atoms with van der Waals surface area (Å²) in [6, 6.07) is 8.58. The Hall–Kier alpha value is -2.18. The molecule has 0 saturated carbocycles. The standard InChI is InChI=1S/C13H8ClN3O2S/c14-7-1-3-9-11(5-7)20-13(17-9)16-8-2-4-10(12(18)19)15-6-8/h1-6H,(H,16,17)(H,18,19). The van der Waals surface area contributed by atoms with E-state index < -0.39 is 5.97 Å². The lowest BCUT2D eigenvalue weighted by Crippen LogP contribution is -2.00. The van der Waals surface area contributed by atoms with Crippen LogP contribution in [-0.2, 0) is 0 Å². The van der Waals surface area contributed by atoms with Gasteiger partial charge in [0.2, 0.25) is 0 Å². The zero-order valence-corrected chi connectivity index (χ0v) is 11.6. The maximum atomic E-state index is 10.7. The number of carbonyl (C=O) groups is 1. The van der Waals surface area contributed by atoms with Gasteiger partial charge < -0.3 is 10.4 Å². The molecule has 0 fully saturated rings. The Morgan fingerprint density at radius 1 is 1.30 bits per heavy atom. The molecule has 20 heavy (non-hydrogen) atoms. The first kappa shape index (κ1) is 12.8. The fraction of sp³-hybridized carbons (Fsp3) is 0. The Bertz CT molecular complexity index is 786. The second kappa shape index (κ2) is 5.07. The molecular formula is C13H8ClN3O2S. The molecule has 0 atom stereocenters. The minimum atomic E-state index is -1.05. The van der Waals surface area contributed by atoms with Gasteiger partial charge in [-0.15, -0.1) is 0 Å². The topological polar surface area (TPSA) is 75.1 Å². The van der Waals surface area contributed by atoms with E-state index >= 15 is 0 Å². The van der Waals surface area contributed by atoms with E-state index in [1.165, 1.54) is 23.6 Å². The van der Waals surface area contributed by atoms with Gasteiger partial charge in [-0.25, -0.2) is 14.8 Å². The van der Waals surface area contributed by atoms with Crippen LogP contribution in [0.3, 0.4) is 0 Å². The third kappa shape index (κ3) is 2.56. The zero-order valence-electron chi connectivity index (χ0n) is 10.0. The fourth-order valence-corrected chi connectivity index (χ4v) is 2.83. The third-order valence-corrected chi connectivity index (χ3v) is 3.75. The largest absolute Gasteiger partial charge is 0.477 e. The van der Waals surface area contributed by atoms with Crippen molar-refractivity contribution in [2.75, 3.05) is 5.32 Å². The number of carboxylic acids is 1. The number of anilines is 2. The maximum absolute atomic E-state index is 10.7. The number of fused-ring (bicyclic) bond motifs is 1. The van der Waals surface area contributed by atoms with Gasteiger partial charge in [-0.3, -0.25) is 0 Å². The van der Waals surface area contributed by atoms with Gasteiger partial charge in [0.1, 0.15) is 5.69 Å². The highest BCUT2D eigenvalue weighted by Gasteiger charge is 2.07. The Morgan fingerprint density at radius 2 is 2.15 bits per heavy atom. The molecule has 3 rings (SSSR count). The van der Waals surface area contributed by atoms with Gasteiger partial charge in [-0.2, -0.15) is 0 Å². The molecule has 2 aromatic heterocycles. The average Bonchev–Trinajstić information content (AvgIpc) is 2.80. The van der Waals surface area contributed by atoms with E-state index in [4.69, 9.17) is 16.7 Å². The molecule has 0 aliphatic carbocycles. The molecule has 0 aliphatic rings. The number of benzene rings is 1. The SMILES string of the molecule is O=C(O)c1ccc(Nc2nc3ccc(Cl)cc3s2)cn1. The summed E-state index contributed by atoms with van der Waals surface area (Å²) >= 11 is 7.39. The molecule has 0 bridgehead atoms. The monoisotopic (exact) mass is 305 g/mol. The lowest BCUT2D eigenvalue weighted by molar-refractivity contribution is 0.0690. The average molecular weight is 306 g/mol. The number of nitrogens with one attached hydrogen (secondary N) is 1. The van der Waals surface area contributed by atoms with Gasteiger partial charge >= 0.3 is 5.97 Å². The van der Waals surface area contributed by atoms with E-state index in [0.717, 1.165) is 10.2 Å². The fourth-order valence-electron chi connectivity index (χ4n) is 1.67. The van der Waals surface area contributed by atoms with Crippen molar-refractivity contribution < 1.29 is 9.90 Å². The quantitative estimate of drug-likeness (QED) is 0.770. The number of hydrogen-bond acceptors (Lipinski definition) is 5. The first-order valence-corrected chi connectivity index (χ1v) is 6.84. The molecule has 1 aromatic carbocycles. The molecule has 0 spiro atoms. The molecule has 3 aromatic rings. The van der Waals surface area contributed by atoms with Crippen molar-refractivity contribution in [3.63, 3.8) is 0 Å². The predicted molar refractivity (Wildman–Crippen MR) is 79.1 cm³/mol. The van der Waals surface area contributed by atoms with E-state index in [1.807, 2.05) is 12.1 Å². The maximum Gasteiger partial charge on any atom is 0.354 e. The van der Waals surface area contributed by atoms with Gasteiger partial charge in [0, 0.05) is 5.02 Å². The van der Waals surface area contributed by atoms with Crippen LogP contribution < -0.4 is 5.32 Å². The summed E-state index contributed by atoms with van der Waals surface area (Å²) in [4.78, 5) is 19.0. The smallest absolute Gasteiger partial charge is 0.354 e. The van der Waals surface area contributed by atoms with Gasteiger partial charge in [0.05, 0.1) is 22.1 Å². The highest BCUT2D eigenvalue weighted by atomic mass is 35.5. The van der Waals surface area contributed by atoms with Crippen LogP contribution in [0.25, 0.3) is 10.2 Å². The summed E-state index contributed by atoms with van der Waals surface area (Å²) in [5.74, 6) is -1.05. The predicted octanol–water partition coefficient (Wildman–Crippen LogP) is 3.79. The van der Waals surface area contributed by atoms with Crippen molar-refractivity contribution >= 4 is 49.9 Å². The Morgan fingerprint density at radius 3 is 2.85 bits per heavy atom. The normalized spacial score (nSPS) is 10.7. The van der Waals surface area contributed by atoms with E-state index in [2.05, 4.69) is 15.3 Å². The van der Waals surface area contributed by atoms with Crippen LogP contribution in [0.15, 0.2) is 36.5 Å². The summed E-state index contributed by atoms with van der Waals surface area (Å²) < 4.78 is 0.982. The number of aromatic nitrogens is 2. The summed E-state index contributed by atoms with van der Waals surface area (Å²) in [5, 5.41) is 13.2. The summed E-state index contributed by atoms with van der Waals surface area (Å²) in [5.41, 5.74) is 1.55. The summed E-state index contributed by atoms with van der Waals surface area (Å²) in [6.07, 6.45) is 1.46. The first-order valence-electron chi connectivity index (χ1n) is 5.64. The molecule has 0 saturated heterocycles. The molecule has 5 nitrogen and oxygen atoms in total. The number of hydrogen-bond donors (Lipinski definition) is 2. The van der Waals surface area contributed by atoms with Crippen LogP contribution in [0.5, 0.6) is 0 Å². The van der Waals surface area contributed by atoms with Crippen LogP contribution in [0.2, 0.25) is 5.02 Å². The van der Waals surface area contributed by atoms with Crippen LogP contribution in [0.1, 0.15) is 10.5 Å². The second-order valence-corrected chi connectivity index (χ2v) is 5.46. The Labute approximate surface area is 122 Å². The number of thiazole rings is 1. The number of nitrogens with zero attached hydrogens (tertiary/aromatic N) is 2. The summed E-state index contributed by atoms with van der Waals surface area (Å²) in [6.45, 7) is 0. The minimum absolute atomic E-state index is 0.00614. The number of aromatic carboxylic acids is 1. The van der Waals surface area contributed by atoms with E-state index in [0.29, 0.717) is 15.8 Å². The van der Waals surface area contributed by atoms with Gasteiger partial charge in [0.25, 0.3) is 0 Å². The number of halogens is 1. The molecule has 100 valence electrons. The number of pyridine rings is 1. The number of carboxylic acid groups (broad SMARTS) is 1. The minimum Gasteiger partial charge on any atom is -0.477 e. The molecule has 7 heteroatoms. The Kier molecular flexibility index (Phi) is 3.25. The molecule has 2 heterocycles. The van der Waals surface area contributed by atoms with Crippen molar-refractivity contribution in [2.24, 2.45) is 0 Å². The third-order valence-electron chi connectivity index (χ3n) is 2.58. The lowest BCUT2D eigenvalue weighted by atomic mass is 10.3. The van der Waals surface area contributed by atoms with E-state index in [9.17, 15) is 4.79 Å². The van der Waals surface area contributed by atoms with Gasteiger partial charge in [-0.1, -0.05) is 22.9 Å². The Balaban J connectivity index is 1.87. The van der Waals surface area contributed by atoms with Crippen LogP contribution in [0, 0.1) is 0 Å². The van der Waals surface area contributed by atoms with Crippen LogP contribution >= 0.6 is 22.9 Å². The highest BCUT2D eigenvalue weighted by molar-refractivity contribution is 7.22. The van der Waals surface area contributed by atoms with Crippen molar-refractivity contribution in [2.45, 2.75) is 0 Å². The number of rotatable bonds is 3. The molecule has 2 N–H and O–H groups in total. The van der Waals surface area contributed by atoms with Crippen LogP contribution in [-0.4, -0.2) is 21.0 Å². The molecule has 0 radical (unpaired) electrons. The summed E-state index contributed by atoms with van der Waals surface area (Å²) in [7, 11) is 0. The van der Waals surface area contributed by atoms with E-state index in [-0.39, 0.29) is 5.69 Å². The van der Waals surface area contributed by atoms with E-state index in [1.54, 1.807) is 12.1 Å². The highest BCUT2D eigenvalue weighted by Crippen LogP contribution is 2.29. The van der Waals surface area contributed by atoms with Crippen LogP contribution in [0.4, 0.5) is 10.8 Å².